The molecule has 0 spiro atoms. The number of aliphatic hydroxyl groups excluding tert-OH is 1. The molecule has 2 unspecified atom stereocenters. The molecule has 0 amide bonds. The molecular formula is C15H19N3O3. The summed E-state index contributed by atoms with van der Waals surface area (Å²) in [4.78, 5) is 18.8. The van der Waals surface area contributed by atoms with E-state index in [1.165, 1.54) is 4.40 Å². The number of aliphatic hydroxyl groups is 1. The van der Waals surface area contributed by atoms with Crippen LogP contribution in [0.4, 0.5) is 0 Å². The molecule has 0 bridgehead atoms. The van der Waals surface area contributed by atoms with Crippen LogP contribution < -0.4 is 5.56 Å². The van der Waals surface area contributed by atoms with Crippen molar-refractivity contribution >= 4 is 5.65 Å². The fraction of sp³-hybridized carbons (Fsp3) is 0.467. The van der Waals surface area contributed by atoms with E-state index in [1.807, 2.05) is 25.1 Å². The second-order valence-corrected chi connectivity index (χ2v) is 5.46. The monoisotopic (exact) mass is 289 g/mol. The van der Waals surface area contributed by atoms with E-state index in [9.17, 15) is 9.90 Å². The Morgan fingerprint density at radius 1 is 1.43 bits per heavy atom. The molecule has 1 saturated heterocycles. The zero-order chi connectivity index (χ0) is 14.8. The summed E-state index contributed by atoms with van der Waals surface area (Å²) in [5, 5.41) is 9.26. The van der Waals surface area contributed by atoms with Gasteiger partial charge < -0.3 is 9.84 Å². The van der Waals surface area contributed by atoms with Crippen LogP contribution in [-0.4, -0.2) is 51.3 Å². The highest BCUT2D eigenvalue weighted by atomic mass is 16.5. The minimum Gasteiger partial charge on any atom is -0.394 e. The fourth-order valence-electron chi connectivity index (χ4n) is 2.78. The van der Waals surface area contributed by atoms with Gasteiger partial charge in [-0.2, -0.15) is 0 Å². The van der Waals surface area contributed by atoms with Crippen LogP contribution in [0.25, 0.3) is 5.65 Å². The van der Waals surface area contributed by atoms with Gasteiger partial charge in [0.25, 0.3) is 5.56 Å². The van der Waals surface area contributed by atoms with Crippen LogP contribution in [0.1, 0.15) is 12.6 Å². The maximum atomic E-state index is 12.1. The van der Waals surface area contributed by atoms with Crippen LogP contribution in [-0.2, 0) is 11.3 Å². The summed E-state index contributed by atoms with van der Waals surface area (Å²) in [5.41, 5.74) is 1.33. The second kappa shape index (κ2) is 5.93. The minimum atomic E-state index is -0.171. The van der Waals surface area contributed by atoms with Gasteiger partial charge in [0.15, 0.2) is 0 Å². The van der Waals surface area contributed by atoms with E-state index in [4.69, 9.17) is 4.74 Å². The van der Waals surface area contributed by atoms with E-state index in [-0.39, 0.29) is 24.4 Å². The summed E-state index contributed by atoms with van der Waals surface area (Å²) < 4.78 is 7.15. The van der Waals surface area contributed by atoms with Crippen LogP contribution in [0.5, 0.6) is 0 Å². The van der Waals surface area contributed by atoms with Crippen LogP contribution >= 0.6 is 0 Å². The molecule has 3 rings (SSSR count). The number of hydrogen-bond donors (Lipinski definition) is 1. The molecule has 2 atom stereocenters. The predicted octanol–water partition coefficient (Wildman–Crippen LogP) is 0.276. The van der Waals surface area contributed by atoms with Gasteiger partial charge in [-0.25, -0.2) is 4.98 Å². The highest BCUT2D eigenvalue weighted by molar-refractivity contribution is 5.37. The first-order valence-electron chi connectivity index (χ1n) is 7.11. The van der Waals surface area contributed by atoms with Crippen molar-refractivity contribution in [2.45, 2.75) is 25.7 Å². The number of ether oxygens (including phenoxy) is 1. The number of aromatic nitrogens is 2. The summed E-state index contributed by atoms with van der Waals surface area (Å²) in [6.07, 6.45) is 1.61. The summed E-state index contributed by atoms with van der Waals surface area (Å²) in [7, 11) is 0. The summed E-state index contributed by atoms with van der Waals surface area (Å²) in [5.74, 6) is 0. The topological polar surface area (TPSA) is 67.1 Å². The summed E-state index contributed by atoms with van der Waals surface area (Å²) in [6, 6.07) is 7.07. The van der Waals surface area contributed by atoms with Crippen LogP contribution in [0, 0.1) is 0 Å². The largest absolute Gasteiger partial charge is 0.394 e. The highest BCUT2D eigenvalue weighted by Gasteiger charge is 2.25. The first-order chi connectivity index (χ1) is 10.2. The lowest BCUT2D eigenvalue weighted by Crippen LogP contribution is -2.47. The molecule has 6 nitrogen and oxygen atoms in total. The van der Waals surface area contributed by atoms with Crippen molar-refractivity contribution in [1.82, 2.24) is 14.3 Å². The number of rotatable bonds is 3. The zero-order valence-corrected chi connectivity index (χ0v) is 12.0. The average molecular weight is 289 g/mol. The van der Waals surface area contributed by atoms with Crippen molar-refractivity contribution in [2.75, 3.05) is 19.7 Å². The molecule has 0 saturated carbocycles. The Morgan fingerprint density at radius 2 is 2.29 bits per heavy atom. The standard InChI is InChI=1S/C15H19N3O3/c1-11-7-17(9-13(10-19)21-11)8-12-6-15(20)18-5-3-2-4-14(18)16-12/h2-6,11,13,19H,7-10H2,1H3. The lowest BCUT2D eigenvalue weighted by Gasteiger charge is -2.35. The van der Waals surface area contributed by atoms with Gasteiger partial charge in [-0.15, -0.1) is 0 Å². The smallest absolute Gasteiger partial charge is 0.258 e. The normalized spacial score (nSPS) is 23.5. The van der Waals surface area contributed by atoms with Crippen LogP contribution in [0.15, 0.2) is 35.3 Å². The molecule has 0 aliphatic carbocycles. The van der Waals surface area contributed by atoms with Crippen molar-refractivity contribution in [3.63, 3.8) is 0 Å². The van der Waals surface area contributed by atoms with Crippen molar-refractivity contribution in [3.05, 3.63) is 46.5 Å². The summed E-state index contributed by atoms with van der Waals surface area (Å²) >= 11 is 0. The number of pyridine rings is 1. The van der Waals surface area contributed by atoms with Gasteiger partial charge in [-0.3, -0.25) is 14.1 Å². The second-order valence-electron chi connectivity index (χ2n) is 5.46. The van der Waals surface area contributed by atoms with E-state index < -0.39 is 0 Å². The Kier molecular flexibility index (Phi) is 4.01. The van der Waals surface area contributed by atoms with Crippen molar-refractivity contribution < 1.29 is 9.84 Å². The number of hydrogen-bond acceptors (Lipinski definition) is 5. The third kappa shape index (κ3) is 3.12. The van der Waals surface area contributed by atoms with E-state index in [2.05, 4.69) is 9.88 Å². The van der Waals surface area contributed by atoms with Gasteiger partial charge in [0.1, 0.15) is 5.65 Å². The van der Waals surface area contributed by atoms with Gasteiger partial charge >= 0.3 is 0 Å². The maximum absolute atomic E-state index is 12.1. The summed E-state index contributed by atoms with van der Waals surface area (Å²) in [6.45, 7) is 4.00. The molecule has 1 aliphatic rings. The Hall–Kier alpha value is -1.76. The third-order valence-corrected chi connectivity index (χ3v) is 3.62. The SMILES string of the molecule is CC1CN(Cc2cc(=O)n3ccccc3n2)CC(CO)O1. The van der Waals surface area contributed by atoms with Crippen molar-refractivity contribution in [1.29, 1.82) is 0 Å². The number of fused-ring (bicyclic) bond motifs is 1. The van der Waals surface area contributed by atoms with E-state index in [0.29, 0.717) is 18.7 Å². The molecule has 2 aromatic rings. The molecule has 112 valence electrons. The van der Waals surface area contributed by atoms with Crippen molar-refractivity contribution in [3.8, 4) is 0 Å². The van der Waals surface area contributed by atoms with E-state index >= 15 is 0 Å². The fourth-order valence-corrected chi connectivity index (χ4v) is 2.78. The van der Waals surface area contributed by atoms with Crippen molar-refractivity contribution in [2.24, 2.45) is 0 Å². The molecular weight excluding hydrogens is 270 g/mol. The lowest BCUT2D eigenvalue weighted by molar-refractivity contribution is -0.0974. The molecule has 0 radical (unpaired) electrons. The molecule has 6 heteroatoms. The van der Waals surface area contributed by atoms with Gasteiger partial charge in [-0.05, 0) is 19.1 Å². The minimum absolute atomic E-state index is 0.00858. The molecule has 2 aromatic heterocycles. The first-order valence-corrected chi connectivity index (χ1v) is 7.11. The average Bonchev–Trinajstić information content (AvgIpc) is 2.46. The van der Waals surface area contributed by atoms with Gasteiger partial charge in [0, 0.05) is 31.9 Å². The molecule has 1 N–H and O–H groups in total. The quantitative estimate of drug-likeness (QED) is 0.879. The highest BCUT2D eigenvalue weighted by Crippen LogP contribution is 2.13. The van der Waals surface area contributed by atoms with E-state index in [0.717, 1.165) is 12.2 Å². The third-order valence-electron chi connectivity index (χ3n) is 3.62. The Balaban J connectivity index is 1.83. The molecule has 0 aromatic carbocycles. The molecule has 3 heterocycles. The Morgan fingerprint density at radius 3 is 3.10 bits per heavy atom. The number of nitrogens with zero attached hydrogens (tertiary/aromatic N) is 3. The van der Waals surface area contributed by atoms with Gasteiger partial charge in [-0.1, -0.05) is 6.07 Å². The van der Waals surface area contributed by atoms with Gasteiger partial charge in [0.05, 0.1) is 24.5 Å². The lowest BCUT2D eigenvalue weighted by atomic mass is 10.2. The van der Waals surface area contributed by atoms with Crippen LogP contribution in [0.3, 0.4) is 0 Å². The maximum Gasteiger partial charge on any atom is 0.258 e. The molecule has 1 aliphatic heterocycles. The van der Waals surface area contributed by atoms with Gasteiger partial charge in [0.2, 0.25) is 0 Å². The molecule has 21 heavy (non-hydrogen) atoms. The van der Waals surface area contributed by atoms with Crippen LogP contribution in [0.2, 0.25) is 0 Å². The Bertz CT molecular complexity index is 685. The predicted molar refractivity (Wildman–Crippen MR) is 78.2 cm³/mol. The first kappa shape index (κ1) is 14.2. The van der Waals surface area contributed by atoms with E-state index in [1.54, 1.807) is 12.3 Å². The number of morpholine rings is 1. The Labute approximate surface area is 122 Å². The zero-order valence-electron chi connectivity index (χ0n) is 12.0. The molecule has 1 fully saturated rings.